The van der Waals surface area contributed by atoms with Gasteiger partial charge in [0, 0.05) is 23.9 Å². The highest BCUT2D eigenvalue weighted by atomic mass is 35.5. The molecule has 5 heteroatoms. The molecule has 1 aromatic carbocycles. The van der Waals surface area contributed by atoms with Gasteiger partial charge in [-0.25, -0.2) is 0 Å². The van der Waals surface area contributed by atoms with Crippen LogP contribution in [0.3, 0.4) is 0 Å². The maximum absolute atomic E-state index is 10.9. The van der Waals surface area contributed by atoms with Crippen molar-refractivity contribution in [2.45, 2.75) is 19.4 Å². The zero-order valence-corrected chi connectivity index (χ0v) is 9.36. The summed E-state index contributed by atoms with van der Waals surface area (Å²) in [6.45, 7) is 1.32. The summed E-state index contributed by atoms with van der Waals surface area (Å²) in [5, 5.41) is 12.7. The van der Waals surface area contributed by atoms with Crippen LogP contribution in [0.1, 0.15) is 18.1 Å². The van der Waals surface area contributed by atoms with E-state index in [0.717, 1.165) is 11.1 Å². The van der Waals surface area contributed by atoms with Gasteiger partial charge in [-0.1, -0.05) is 22.8 Å². The highest BCUT2D eigenvalue weighted by Gasteiger charge is 2.31. The van der Waals surface area contributed by atoms with Crippen molar-refractivity contribution >= 4 is 23.3 Å². The average molecular weight is 240 g/mol. The first-order valence-electron chi connectivity index (χ1n) is 4.80. The van der Waals surface area contributed by atoms with Crippen molar-refractivity contribution in [2.24, 2.45) is 5.16 Å². The van der Waals surface area contributed by atoms with Crippen molar-refractivity contribution in [1.82, 2.24) is 0 Å². The van der Waals surface area contributed by atoms with E-state index in [-0.39, 0.29) is 0 Å². The fourth-order valence-electron chi connectivity index (χ4n) is 1.87. The third-order valence-electron chi connectivity index (χ3n) is 2.47. The molecule has 0 saturated heterocycles. The molecule has 2 rings (SSSR count). The zero-order chi connectivity index (χ0) is 11.7. The number of nitrogens with zero attached hydrogens (tertiary/aromatic N) is 1. The number of esters is 1. The van der Waals surface area contributed by atoms with E-state index in [0.29, 0.717) is 17.2 Å². The number of carbonyl (C=O) groups excluding carboxylic acids is 1. The van der Waals surface area contributed by atoms with Crippen molar-refractivity contribution in [1.29, 1.82) is 0 Å². The highest BCUT2D eigenvalue weighted by Crippen LogP contribution is 2.27. The molecule has 0 radical (unpaired) electrons. The lowest BCUT2D eigenvalue weighted by atomic mass is 10.1. The van der Waals surface area contributed by atoms with Crippen LogP contribution in [0, 0.1) is 0 Å². The Labute approximate surface area is 97.5 Å². The molecule has 0 bridgehead atoms. The first kappa shape index (κ1) is 11.0. The van der Waals surface area contributed by atoms with Gasteiger partial charge < -0.3 is 9.94 Å². The Bertz CT molecular complexity index is 470. The lowest BCUT2D eigenvalue weighted by Crippen LogP contribution is -2.23. The topological polar surface area (TPSA) is 58.9 Å². The predicted molar refractivity (Wildman–Crippen MR) is 59.0 cm³/mol. The zero-order valence-electron chi connectivity index (χ0n) is 8.61. The monoisotopic (exact) mass is 239 g/mol. The molecule has 1 unspecified atom stereocenters. The summed E-state index contributed by atoms with van der Waals surface area (Å²) in [6.07, 6.45) is -0.0227. The van der Waals surface area contributed by atoms with Gasteiger partial charge >= 0.3 is 5.97 Å². The first-order chi connectivity index (χ1) is 7.61. The summed E-state index contributed by atoms with van der Waals surface area (Å²) in [7, 11) is 0. The minimum Gasteiger partial charge on any atom is -0.456 e. The van der Waals surface area contributed by atoms with Gasteiger partial charge in [-0.2, -0.15) is 0 Å². The van der Waals surface area contributed by atoms with Crippen molar-refractivity contribution in [2.75, 3.05) is 0 Å². The summed E-state index contributed by atoms with van der Waals surface area (Å²) >= 11 is 5.86. The number of halogens is 1. The minimum atomic E-state index is -0.518. The standard InChI is InChI=1S/C11H10ClNO3/c1-6(14)16-10-5-7-4-8(12)2-3-9(7)11(10)13-15/h2-4,10,15H,5H2,1H3/b13-11+. The molecular weight excluding hydrogens is 230 g/mol. The molecule has 0 spiro atoms. The molecule has 84 valence electrons. The second-order valence-electron chi connectivity index (χ2n) is 3.59. The van der Waals surface area contributed by atoms with Crippen LogP contribution in [0.25, 0.3) is 0 Å². The van der Waals surface area contributed by atoms with Crippen LogP contribution in [0.2, 0.25) is 5.02 Å². The molecule has 16 heavy (non-hydrogen) atoms. The maximum atomic E-state index is 10.9. The van der Waals surface area contributed by atoms with E-state index in [1.807, 2.05) is 0 Å². The quantitative estimate of drug-likeness (QED) is 0.463. The van der Waals surface area contributed by atoms with Crippen LogP contribution >= 0.6 is 11.6 Å². The average Bonchev–Trinajstić information content (AvgIpc) is 2.52. The molecule has 1 atom stereocenters. The number of benzene rings is 1. The predicted octanol–water partition coefficient (Wildman–Crippen LogP) is 2.01. The lowest BCUT2D eigenvalue weighted by Gasteiger charge is -2.09. The second kappa shape index (κ2) is 4.14. The normalized spacial score (nSPS) is 20.9. The molecule has 1 aliphatic carbocycles. The minimum absolute atomic E-state index is 0.377. The van der Waals surface area contributed by atoms with Crippen LogP contribution in [0.5, 0.6) is 0 Å². The van der Waals surface area contributed by atoms with Gasteiger partial charge in [-0.15, -0.1) is 0 Å². The van der Waals surface area contributed by atoms with Crippen LogP contribution in [-0.2, 0) is 16.0 Å². The summed E-state index contributed by atoms with van der Waals surface area (Å²) in [5.74, 6) is -0.398. The molecule has 1 aliphatic rings. The number of fused-ring (bicyclic) bond motifs is 1. The number of carbonyl (C=O) groups is 1. The highest BCUT2D eigenvalue weighted by molar-refractivity contribution is 6.30. The van der Waals surface area contributed by atoms with Gasteiger partial charge in [0.2, 0.25) is 0 Å². The maximum Gasteiger partial charge on any atom is 0.303 e. The van der Waals surface area contributed by atoms with E-state index in [9.17, 15) is 4.79 Å². The number of oxime groups is 1. The SMILES string of the molecule is CC(=O)OC1Cc2cc(Cl)ccc2/C1=N\O. The molecule has 0 heterocycles. The molecule has 1 aromatic rings. The fourth-order valence-corrected chi connectivity index (χ4v) is 2.06. The third-order valence-corrected chi connectivity index (χ3v) is 2.70. The van der Waals surface area contributed by atoms with E-state index >= 15 is 0 Å². The number of ether oxygens (including phenoxy) is 1. The van der Waals surface area contributed by atoms with Crippen LogP contribution in [0.15, 0.2) is 23.4 Å². The second-order valence-corrected chi connectivity index (χ2v) is 4.03. The van der Waals surface area contributed by atoms with E-state index in [4.69, 9.17) is 21.5 Å². The summed E-state index contributed by atoms with van der Waals surface area (Å²) in [4.78, 5) is 10.9. The van der Waals surface area contributed by atoms with E-state index in [1.165, 1.54) is 6.92 Å². The van der Waals surface area contributed by atoms with Crippen molar-refractivity contribution in [3.05, 3.63) is 34.3 Å². The van der Waals surface area contributed by atoms with Crippen molar-refractivity contribution in [3.63, 3.8) is 0 Å². The Morgan fingerprint density at radius 3 is 3.00 bits per heavy atom. The number of hydrogen-bond donors (Lipinski definition) is 1. The number of hydrogen-bond acceptors (Lipinski definition) is 4. The molecule has 0 fully saturated rings. The largest absolute Gasteiger partial charge is 0.456 e. The van der Waals surface area contributed by atoms with Crippen LogP contribution < -0.4 is 0 Å². The summed E-state index contributed by atoms with van der Waals surface area (Å²) < 4.78 is 5.06. The Kier molecular flexibility index (Phi) is 2.83. The van der Waals surface area contributed by atoms with E-state index < -0.39 is 12.1 Å². The van der Waals surface area contributed by atoms with Crippen LogP contribution in [0.4, 0.5) is 0 Å². The van der Waals surface area contributed by atoms with Gasteiger partial charge in [0.15, 0.2) is 6.10 Å². The lowest BCUT2D eigenvalue weighted by molar-refractivity contribution is -0.143. The van der Waals surface area contributed by atoms with Crippen molar-refractivity contribution < 1.29 is 14.7 Å². The smallest absolute Gasteiger partial charge is 0.303 e. The third kappa shape index (κ3) is 1.88. The van der Waals surface area contributed by atoms with Gasteiger partial charge in [-0.05, 0) is 17.7 Å². The molecule has 0 saturated carbocycles. The molecular formula is C11H10ClNO3. The van der Waals surface area contributed by atoms with Crippen LogP contribution in [-0.4, -0.2) is 23.0 Å². The Balaban J connectivity index is 2.36. The van der Waals surface area contributed by atoms with Gasteiger partial charge in [0.25, 0.3) is 0 Å². The van der Waals surface area contributed by atoms with Gasteiger partial charge in [0.05, 0.1) is 0 Å². The Hall–Kier alpha value is -1.55. The van der Waals surface area contributed by atoms with Gasteiger partial charge in [-0.3, -0.25) is 4.79 Å². The summed E-state index contributed by atoms with van der Waals surface area (Å²) in [5.41, 5.74) is 2.08. The number of rotatable bonds is 1. The van der Waals surface area contributed by atoms with E-state index in [1.54, 1.807) is 18.2 Å². The Morgan fingerprint density at radius 2 is 2.38 bits per heavy atom. The fraction of sp³-hybridized carbons (Fsp3) is 0.273. The van der Waals surface area contributed by atoms with E-state index in [2.05, 4.69) is 5.16 Å². The summed E-state index contributed by atoms with van der Waals surface area (Å²) in [6, 6.07) is 5.25. The first-order valence-corrected chi connectivity index (χ1v) is 5.17. The molecule has 0 amide bonds. The molecule has 0 aliphatic heterocycles. The molecule has 4 nitrogen and oxygen atoms in total. The Morgan fingerprint density at radius 1 is 1.62 bits per heavy atom. The molecule has 1 N–H and O–H groups in total. The van der Waals surface area contributed by atoms with Gasteiger partial charge in [0.1, 0.15) is 5.71 Å². The van der Waals surface area contributed by atoms with Crippen molar-refractivity contribution in [3.8, 4) is 0 Å². The molecule has 0 aromatic heterocycles.